The van der Waals surface area contributed by atoms with E-state index in [2.05, 4.69) is 10.6 Å². The van der Waals surface area contributed by atoms with E-state index in [4.69, 9.17) is 5.11 Å². The number of benzene rings is 1. The molecule has 6 heteroatoms. The molecule has 1 aromatic rings. The quantitative estimate of drug-likeness (QED) is 0.776. The topological polar surface area (TPSA) is 78.4 Å². The van der Waals surface area contributed by atoms with Crippen molar-refractivity contribution in [2.75, 3.05) is 0 Å². The summed E-state index contributed by atoms with van der Waals surface area (Å²) in [4.78, 5) is 22.9. The van der Waals surface area contributed by atoms with Crippen molar-refractivity contribution in [1.29, 1.82) is 0 Å². The van der Waals surface area contributed by atoms with Crippen LogP contribution in [0.4, 0.5) is 9.18 Å². The predicted octanol–water partition coefficient (Wildman–Crippen LogP) is 2.44. The van der Waals surface area contributed by atoms with Crippen LogP contribution in [0.2, 0.25) is 0 Å². The van der Waals surface area contributed by atoms with E-state index < -0.39 is 29.4 Å². The Kier molecular flexibility index (Phi) is 5.07. The summed E-state index contributed by atoms with van der Waals surface area (Å²) >= 11 is 0. The minimum absolute atomic E-state index is 0.240. The van der Waals surface area contributed by atoms with Gasteiger partial charge in [-0.25, -0.2) is 14.0 Å². The Balaban J connectivity index is 2.72. The molecule has 0 heterocycles. The SMILES string of the molecule is CCC(C)(NC(=O)NC(C)c1ccccc1F)C(=O)O. The number of carboxylic acid groups (broad SMARTS) is 1. The van der Waals surface area contributed by atoms with E-state index in [-0.39, 0.29) is 6.42 Å². The lowest BCUT2D eigenvalue weighted by Gasteiger charge is -2.26. The molecule has 1 rings (SSSR count). The smallest absolute Gasteiger partial charge is 0.329 e. The first-order valence-electron chi connectivity index (χ1n) is 6.36. The van der Waals surface area contributed by atoms with Gasteiger partial charge in [0.2, 0.25) is 0 Å². The monoisotopic (exact) mass is 282 g/mol. The van der Waals surface area contributed by atoms with Crippen molar-refractivity contribution in [3.63, 3.8) is 0 Å². The molecule has 0 saturated heterocycles. The third-order valence-corrected chi connectivity index (χ3v) is 3.29. The molecule has 0 saturated carbocycles. The minimum atomic E-state index is -1.35. The molecule has 0 aliphatic carbocycles. The van der Waals surface area contributed by atoms with Gasteiger partial charge in [0, 0.05) is 5.56 Å². The van der Waals surface area contributed by atoms with Gasteiger partial charge < -0.3 is 15.7 Å². The minimum Gasteiger partial charge on any atom is -0.480 e. The van der Waals surface area contributed by atoms with Gasteiger partial charge in [-0.3, -0.25) is 0 Å². The molecule has 2 amide bonds. The van der Waals surface area contributed by atoms with Crippen molar-refractivity contribution >= 4 is 12.0 Å². The largest absolute Gasteiger partial charge is 0.480 e. The van der Waals surface area contributed by atoms with Crippen molar-refractivity contribution in [2.45, 2.75) is 38.8 Å². The molecule has 1 aromatic carbocycles. The maximum atomic E-state index is 13.6. The van der Waals surface area contributed by atoms with Gasteiger partial charge in [0.05, 0.1) is 6.04 Å². The number of urea groups is 1. The Morgan fingerprint density at radius 2 is 2.00 bits per heavy atom. The van der Waals surface area contributed by atoms with Crippen LogP contribution in [0.3, 0.4) is 0 Å². The second-order valence-corrected chi connectivity index (χ2v) is 4.83. The van der Waals surface area contributed by atoms with Crippen molar-refractivity contribution < 1.29 is 19.1 Å². The van der Waals surface area contributed by atoms with Crippen molar-refractivity contribution in [3.8, 4) is 0 Å². The average Bonchev–Trinajstić information content (AvgIpc) is 2.38. The first-order chi connectivity index (χ1) is 9.30. The molecule has 0 aliphatic heterocycles. The average molecular weight is 282 g/mol. The van der Waals surface area contributed by atoms with Gasteiger partial charge >= 0.3 is 12.0 Å². The van der Waals surface area contributed by atoms with Crippen LogP contribution in [0.15, 0.2) is 24.3 Å². The van der Waals surface area contributed by atoms with E-state index in [1.807, 2.05) is 0 Å². The third-order valence-electron chi connectivity index (χ3n) is 3.29. The van der Waals surface area contributed by atoms with E-state index in [1.54, 1.807) is 32.0 Å². The molecule has 0 aromatic heterocycles. The number of carboxylic acids is 1. The molecule has 2 unspecified atom stereocenters. The van der Waals surface area contributed by atoms with E-state index in [9.17, 15) is 14.0 Å². The lowest BCUT2D eigenvalue weighted by Crippen LogP contribution is -2.55. The second-order valence-electron chi connectivity index (χ2n) is 4.83. The zero-order valence-corrected chi connectivity index (χ0v) is 11.7. The molecule has 0 radical (unpaired) electrons. The summed E-state index contributed by atoms with van der Waals surface area (Å²) in [6.45, 7) is 4.71. The number of hydrogen-bond acceptors (Lipinski definition) is 2. The zero-order chi connectivity index (χ0) is 15.3. The van der Waals surface area contributed by atoms with E-state index in [1.165, 1.54) is 13.0 Å². The van der Waals surface area contributed by atoms with Gasteiger partial charge in [-0.15, -0.1) is 0 Å². The fraction of sp³-hybridized carbons (Fsp3) is 0.429. The maximum absolute atomic E-state index is 13.6. The molecule has 3 N–H and O–H groups in total. The second kappa shape index (κ2) is 6.36. The number of aliphatic carboxylic acids is 1. The van der Waals surface area contributed by atoms with Crippen LogP contribution in [-0.2, 0) is 4.79 Å². The van der Waals surface area contributed by atoms with Gasteiger partial charge in [0.1, 0.15) is 11.4 Å². The highest BCUT2D eigenvalue weighted by molar-refractivity contribution is 5.85. The lowest BCUT2D eigenvalue weighted by atomic mass is 10.00. The highest BCUT2D eigenvalue weighted by Crippen LogP contribution is 2.16. The number of carbonyl (C=O) groups excluding carboxylic acids is 1. The summed E-state index contributed by atoms with van der Waals surface area (Å²) in [6.07, 6.45) is 0.240. The normalized spacial score (nSPS) is 15.0. The summed E-state index contributed by atoms with van der Waals surface area (Å²) in [5.41, 5.74) is -1.00. The molecule has 0 spiro atoms. The lowest BCUT2D eigenvalue weighted by molar-refractivity contribution is -0.143. The number of halogens is 1. The summed E-state index contributed by atoms with van der Waals surface area (Å²) in [7, 11) is 0. The Morgan fingerprint density at radius 3 is 2.50 bits per heavy atom. The number of amides is 2. The summed E-state index contributed by atoms with van der Waals surface area (Å²) < 4.78 is 13.6. The molecule has 0 bridgehead atoms. The molecule has 0 aliphatic rings. The van der Waals surface area contributed by atoms with Crippen molar-refractivity contribution in [2.24, 2.45) is 0 Å². The molecule has 20 heavy (non-hydrogen) atoms. The highest BCUT2D eigenvalue weighted by atomic mass is 19.1. The molecular weight excluding hydrogens is 263 g/mol. The molecular formula is C14H19FN2O3. The molecule has 0 fully saturated rings. The maximum Gasteiger partial charge on any atom is 0.329 e. The fourth-order valence-corrected chi connectivity index (χ4v) is 1.68. The summed E-state index contributed by atoms with van der Waals surface area (Å²) in [6, 6.07) is 4.89. The van der Waals surface area contributed by atoms with Gasteiger partial charge in [-0.1, -0.05) is 25.1 Å². The van der Waals surface area contributed by atoms with Crippen LogP contribution >= 0.6 is 0 Å². The van der Waals surface area contributed by atoms with E-state index in [0.717, 1.165) is 0 Å². The van der Waals surface area contributed by atoms with Gasteiger partial charge in [0.15, 0.2) is 0 Å². The first kappa shape index (κ1) is 15.9. The Bertz CT molecular complexity index is 507. The van der Waals surface area contributed by atoms with Crippen LogP contribution in [0.5, 0.6) is 0 Å². The van der Waals surface area contributed by atoms with Crippen LogP contribution in [0.1, 0.15) is 38.8 Å². The van der Waals surface area contributed by atoms with Crippen LogP contribution in [0.25, 0.3) is 0 Å². The first-order valence-corrected chi connectivity index (χ1v) is 6.36. The van der Waals surface area contributed by atoms with Gasteiger partial charge in [-0.2, -0.15) is 0 Å². The number of hydrogen-bond donors (Lipinski definition) is 3. The standard InChI is InChI=1S/C14H19FN2O3/c1-4-14(3,12(18)19)17-13(20)16-9(2)10-7-5-6-8-11(10)15/h5-9H,4H2,1-3H3,(H,18,19)(H2,16,17,20). The number of rotatable bonds is 5. The van der Waals surface area contributed by atoms with Crippen molar-refractivity contribution in [3.05, 3.63) is 35.6 Å². The van der Waals surface area contributed by atoms with Crippen LogP contribution < -0.4 is 10.6 Å². The third kappa shape index (κ3) is 3.69. The number of nitrogens with one attached hydrogen (secondary N) is 2. The Hall–Kier alpha value is -2.11. The van der Waals surface area contributed by atoms with Gasteiger partial charge in [0.25, 0.3) is 0 Å². The Labute approximate surface area is 117 Å². The van der Waals surface area contributed by atoms with Crippen LogP contribution in [-0.4, -0.2) is 22.6 Å². The van der Waals surface area contributed by atoms with E-state index >= 15 is 0 Å². The zero-order valence-electron chi connectivity index (χ0n) is 11.7. The molecule has 5 nitrogen and oxygen atoms in total. The van der Waals surface area contributed by atoms with Gasteiger partial charge in [-0.05, 0) is 26.3 Å². The fourth-order valence-electron chi connectivity index (χ4n) is 1.68. The van der Waals surface area contributed by atoms with Crippen LogP contribution in [0, 0.1) is 5.82 Å². The Morgan fingerprint density at radius 1 is 1.40 bits per heavy atom. The van der Waals surface area contributed by atoms with Crippen molar-refractivity contribution in [1.82, 2.24) is 10.6 Å². The molecule has 2 atom stereocenters. The summed E-state index contributed by atoms with van der Waals surface area (Å²) in [5, 5.41) is 14.0. The number of carbonyl (C=O) groups is 2. The predicted molar refractivity (Wildman–Crippen MR) is 72.8 cm³/mol. The molecule has 110 valence electrons. The highest BCUT2D eigenvalue weighted by Gasteiger charge is 2.33. The summed E-state index contributed by atoms with van der Waals surface area (Å²) in [5.74, 6) is -1.54. The van der Waals surface area contributed by atoms with E-state index in [0.29, 0.717) is 5.56 Å².